The molecule has 4 heteroatoms. The molecule has 2 nitrogen and oxygen atoms in total. The van der Waals surface area contributed by atoms with Crippen LogP contribution in [0.15, 0.2) is 30.3 Å². The molecule has 0 heterocycles. The first kappa shape index (κ1) is 21.4. The van der Waals surface area contributed by atoms with E-state index < -0.39 is 0 Å². The second-order valence-electron chi connectivity index (χ2n) is 5.32. The zero-order valence-corrected chi connectivity index (χ0v) is 16.0. The molecule has 0 aliphatic heterocycles. The summed E-state index contributed by atoms with van der Waals surface area (Å²) in [5, 5.41) is 3.64. The summed E-state index contributed by atoms with van der Waals surface area (Å²) in [6, 6.07) is 12.2. The van der Waals surface area contributed by atoms with Crippen molar-refractivity contribution in [2.24, 2.45) is 0 Å². The Morgan fingerprint density at radius 1 is 1.00 bits per heavy atom. The molecule has 112 valence electrons. The highest BCUT2D eigenvalue weighted by Crippen LogP contribution is 2.15. The van der Waals surface area contributed by atoms with E-state index in [9.17, 15) is 0 Å². The fourth-order valence-electron chi connectivity index (χ4n) is 1.84. The maximum absolute atomic E-state index is 3.64. The summed E-state index contributed by atoms with van der Waals surface area (Å²) in [6.45, 7) is 9.91. The summed E-state index contributed by atoms with van der Waals surface area (Å²) < 4.78 is 0. The molecular weight excluding hydrogens is 368 g/mol. The van der Waals surface area contributed by atoms with E-state index in [0.29, 0.717) is 18.1 Å². The van der Waals surface area contributed by atoms with E-state index in [1.807, 2.05) is 0 Å². The van der Waals surface area contributed by atoms with Gasteiger partial charge in [-0.05, 0) is 26.5 Å². The van der Waals surface area contributed by atoms with Crippen LogP contribution in [0.25, 0.3) is 0 Å². The van der Waals surface area contributed by atoms with Crippen molar-refractivity contribution in [1.29, 1.82) is 0 Å². The minimum absolute atomic E-state index is 0. The highest BCUT2D eigenvalue weighted by Gasteiger charge is 2.15. The summed E-state index contributed by atoms with van der Waals surface area (Å²) in [5.74, 6) is 0. The molecule has 1 unspecified atom stereocenters. The summed E-state index contributed by atoms with van der Waals surface area (Å²) in [5.41, 5.74) is 1.37. The molecule has 1 atom stereocenters. The van der Waals surface area contributed by atoms with Crippen LogP contribution in [0.5, 0.6) is 0 Å². The quantitative estimate of drug-likeness (QED) is 0.775. The average molecular weight is 396 g/mol. The number of rotatable bonds is 6. The van der Waals surface area contributed by atoms with Crippen LogP contribution in [-0.4, -0.2) is 30.6 Å². The van der Waals surface area contributed by atoms with Crippen molar-refractivity contribution >= 4 is 34.0 Å². The van der Waals surface area contributed by atoms with Crippen LogP contribution >= 0.6 is 34.0 Å². The summed E-state index contributed by atoms with van der Waals surface area (Å²) >= 11 is 0. The molecule has 0 bridgehead atoms. The largest absolute Gasteiger partial charge is 0.307 e. The van der Waals surface area contributed by atoms with Gasteiger partial charge in [-0.15, -0.1) is 34.0 Å². The van der Waals surface area contributed by atoms with Crippen molar-refractivity contribution < 1.29 is 0 Å². The lowest BCUT2D eigenvalue weighted by molar-refractivity contribution is 0.237. The van der Waals surface area contributed by atoms with E-state index in [4.69, 9.17) is 0 Å². The number of nitrogens with zero attached hydrogens (tertiary/aromatic N) is 1. The molecule has 1 rings (SSSR count). The van der Waals surface area contributed by atoms with Gasteiger partial charge in [-0.2, -0.15) is 0 Å². The van der Waals surface area contributed by atoms with Gasteiger partial charge in [-0.25, -0.2) is 0 Å². The maximum Gasteiger partial charge on any atom is 0.0451 e. The van der Waals surface area contributed by atoms with Gasteiger partial charge in [-0.3, -0.25) is 0 Å². The van der Waals surface area contributed by atoms with E-state index in [2.05, 4.69) is 75.3 Å². The lowest BCUT2D eigenvalue weighted by Gasteiger charge is -2.29. The van der Waals surface area contributed by atoms with Crippen molar-refractivity contribution in [2.45, 2.75) is 45.8 Å². The Bertz CT molecular complexity index is 315. The predicted octanol–water partition coefficient (Wildman–Crippen LogP) is 4.22. The van der Waals surface area contributed by atoms with Crippen LogP contribution in [0.2, 0.25) is 0 Å². The minimum Gasteiger partial charge on any atom is -0.307 e. The lowest BCUT2D eigenvalue weighted by atomic mass is 10.1. The smallest absolute Gasteiger partial charge is 0.0451 e. The van der Waals surface area contributed by atoms with Crippen molar-refractivity contribution in [3.05, 3.63) is 35.9 Å². The fourth-order valence-corrected chi connectivity index (χ4v) is 1.84. The van der Waals surface area contributed by atoms with Crippen LogP contribution < -0.4 is 5.32 Å². The average Bonchev–Trinajstić information content (AvgIpc) is 2.28. The Hall–Kier alpha value is 0.1000. The Morgan fingerprint density at radius 2 is 1.53 bits per heavy atom. The molecule has 0 radical (unpaired) electrons. The molecule has 1 N–H and O–H groups in total. The molecule has 0 saturated heterocycles. The summed E-state index contributed by atoms with van der Waals surface area (Å²) in [4.78, 5) is 2.38. The number of benzene rings is 1. The Labute approximate surface area is 139 Å². The molecule has 19 heavy (non-hydrogen) atoms. The Kier molecular flexibility index (Phi) is 12.2. The van der Waals surface area contributed by atoms with Crippen LogP contribution in [-0.2, 0) is 0 Å². The third-order valence-electron chi connectivity index (χ3n) is 3.09. The third-order valence-corrected chi connectivity index (χ3v) is 3.09. The molecular formula is C15H28Br2N2. The number of halogens is 2. The Balaban J connectivity index is 0. The maximum atomic E-state index is 3.64. The zero-order valence-electron chi connectivity index (χ0n) is 12.6. The van der Waals surface area contributed by atoms with Gasteiger partial charge in [0.05, 0.1) is 0 Å². The van der Waals surface area contributed by atoms with Crippen molar-refractivity contribution in [1.82, 2.24) is 10.2 Å². The molecule has 0 aromatic heterocycles. The monoisotopic (exact) mass is 394 g/mol. The molecule has 1 aromatic rings. The first-order chi connectivity index (χ1) is 8.00. The van der Waals surface area contributed by atoms with Gasteiger partial charge in [0.2, 0.25) is 0 Å². The van der Waals surface area contributed by atoms with E-state index in [0.717, 1.165) is 6.54 Å². The van der Waals surface area contributed by atoms with Gasteiger partial charge in [0.15, 0.2) is 0 Å². The van der Waals surface area contributed by atoms with Gasteiger partial charge in [0.1, 0.15) is 0 Å². The third kappa shape index (κ3) is 8.08. The summed E-state index contributed by atoms with van der Waals surface area (Å²) in [6.07, 6.45) is 0. The van der Waals surface area contributed by atoms with Crippen molar-refractivity contribution in [2.75, 3.05) is 13.6 Å². The van der Waals surface area contributed by atoms with Gasteiger partial charge in [0.25, 0.3) is 0 Å². The van der Waals surface area contributed by atoms with Crippen LogP contribution in [0, 0.1) is 0 Å². The van der Waals surface area contributed by atoms with Gasteiger partial charge in [0, 0.05) is 24.7 Å². The molecule has 1 aromatic carbocycles. The lowest BCUT2D eigenvalue weighted by Crippen LogP contribution is -2.39. The molecule has 0 spiro atoms. The molecule has 0 fully saturated rings. The van der Waals surface area contributed by atoms with Crippen LogP contribution in [0.1, 0.15) is 39.3 Å². The standard InChI is InChI=1S/C15H26N2.2BrH/c1-12(2)16-15(11-17(5)13(3)4)14-9-7-6-8-10-14;;/h6-10,12-13,15-16H,11H2,1-5H3;2*1H. The normalized spacial score (nSPS) is 12.2. The molecule has 0 aliphatic carbocycles. The van der Waals surface area contributed by atoms with Crippen molar-refractivity contribution in [3.63, 3.8) is 0 Å². The number of nitrogens with one attached hydrogen (secondary N) is 1. The minimum atomic E-state index is 0. The van der Waals surface area contributed by atoms with Crippen LogP contribution in [0.3, 0.4) is 0 Å². The van der Waals surface area contributed by atoms with Gasteiger partial charge >= 0.3 is 0 Å². The van der Waals surface area contributed by atoms with Gasteiger partial charge < -0.3 is 10.2 Å². The molecule has 0 amide bonds. The second kappa shape index (κ2) is 10.8. The summed E-state index contributed by atoms with van der Waals surface area (Å²) in [7, 11) is 2.18. The van der Waals surface area contributed by atoms with Crippen molar-refractivity contribution in [3.8, 4) is 0 Å². The highest BCUT2D eigenvalue weighted by atomic mass is 79.9. The zero-order chi connectivity index (χ0) is 12.8. The van der Waals surface area contributed by atoms with Gasteiger partial charge in [-0.1, -0.05) is 44.2 Å². The number of hydrogen-bond donors (Lipinski definition) is 1. The topological polar surface area (TPSA) is 15.3 Å². The molecule has 0 saturated carbocycles. The number of hydrogen-bond acceptors (Lipinski definition) is 2. The number of likely N-dealkylation sites (N-methyl/N-ethyl adjacent to an activating group) is 1. The van der Waals surface area contributed by atoms with Crippen LogP contribution in [0.4, 0.5) is 0 Å². The molecule has 0 aliphatic rings. The SMILES string of the molecule is Br.Br.CC(C)NC(CN(C)C(C)C)c1ccccc1. The van der Waals surface area contributed by atoms with E-state index in [1.165, 1.54) is 5.56 Å². The van der Waals surface area contributed by atoms with E-state index in [1.54, 1.807) is 0 Å². The second-order valence-corrected chi connectivity index (χ2v) is 5.32. The Morgan fingerprint density at radius 3 is 1.95 bits per heavy atom. The first-order valence-corrected chi connectivity index (χ1v) is 6.52. The first-order valence-electron chi connectivity index (χ1n) is 6.52. The van der Waals surface area contributed by atoms with E-state index in [-0.39, 0.29) is 34.0 Å². The highest BCUT2D eigenvalue weighted by molar-refractivity contribution is 8.93. The fraction of sp³-hybridized carbons (Fsp3) is 0.600. The van der Waals surface area contributed by atoms with E-state index >= 15 is 0 Å². The predicted molar refractivity (Wildman–Crippen MR) is 95.9 cm³/mol.